The van der Waals surface area contributed by atoms with Crippen molar-refractivity contribution in [3.05, 3.63) is 53.9 Å². The Hall–Kier alpha value is -3.24. The van der Waals surface area contributed by atoms with Gasteiger partial charge in [-0.15, -0.1) is 10.2 Å². The number of hydrogen-bond donors (Lipinski definition) is 1. The molecule has 9 nitrogen and oxygen atoms in total. The zero-order valence-electron chi connectivity index (χ0n) is 18.6. The molecule has 0 bridgehead atoms. The summed E-state index contributed by atoms with van der Waals surface area (Å²) in [6.07, 6.45) is -1.13. The van der Waals surface area contributed by atoms with E-state index in [0.29, 0.717) is 51.9 Å². The Labute approximate surface area is 195 Å². The molecular weight excluding hydrogens is 446 g/mol. The van der Waals surface area contributed by atoms with Gasteiger partial charge in [0.2, 0.25) is 0 Å². The molecule has 33 heavy (non-hydrogen) atoms. The van der Waals surface area contributed by atoms with E-state index in [2.05, 4.69) is 10.2 Å². The van der Waals surface area contributed by atoms with Crippen molar-refractivity contribution in [1.29, 1.82) is 0 Å². The highest BCUT2D eigenvalue weighted by atomic mass is 32.2. The van der Waals surface area contributed by atoms with Gasteiger partial charge in [0.1, 0.15) is 13.2 Å². The van der Waals surface area contributed by atoms with Crippen molar-refractivity contribution in [3.8, 4) is 23.0 Å². The molecule has 2 heterocycles. The van der Waals surface area contributed by atoms with Crippen LogP contribution < -0.4 is 18.9 Å². The fourth-order valence-electron chi connectivity index (χ4n) is 3.29. The van der Waals surface area contributed by atoms with Crippen LogP contribution in [0.15, 0.2) is 47.6 Å². The standard InChI is InChI=1S/C23H25N3O6S/c1-14(27)15-8-9-18(20(10-15)29-3)30-11-16(28)13-33-23-25-24-22(26(23)2)21-12-31-17-6-4-5-7-19(17)32-21/h4-10,16,21,28H,11-13H2,1-3H3. The Balaban J connectivity index is 1.32. The van der Waals surface area contributed by atoms with Crippen molar-refractivity contribution in [2.75, 3.05) is 26.1 Å². The molecule has 3 aromatic rings. The molecule has 1 aromatic heterocycles. The van der Waals surface area contributed by atoms with Crippen LogP contribution in [0.3, 0.4) is 0 Å². The topological polar surface area (TPSA) is 105 Å². The number of nitrogens with zero attached hydrogens (tertiary/aromatic N) is 3. The zero-order chi connectivity index (χ0) is 23.4. The molecule has 1 aliphatic rings. The number of ketones is 1. The lowest BCUT2D eigenvalue weighted by molar-refractivity contribution is 0.0825. The van der Waals surface area contributed by atoms with Crippen LogP contribution in [0, 0.1) is 0 Å². The van der Waals surface area contributed by atoms with E-state index >= 15 is 0 Å². The lowest BCUT2D eigenvalue weighted by Crippen LogP contribution is -2.24. The highest BCUT2D eigenvalue weighted by molar-refractivity contribution is 7.99. The second-order valence-corrected chi connectivity index (χ2v) is 8.45. The maximum Gasteiger partial charge on any atom is 0.192 e. The molecule has 0 aliphatic carbocycles. The number of rotatable bonds is 9. The summed E-state index contributed by atoms with van der Waals surface area (Å²) in [5, 5.41) is 19.5. The molecule has 0 saturated heterocycles. The predicted octanol–water partition coefficient (Wildman–Crippen LogP) is 3.07. The summed E-state index contributed by atoms with van der Waals surface area (Å²) < 4.78 is 24.6. The molecule has 2 unspecified atom stereocenters. The van der Waals surface area contributed by atoms with Crippen molar-refractivity contribution in [2.45, 2.75) is 24.3 Å². The van der Waals surface area contributed by atoms with Crippen LogP contribution in [0.5, 0.6) is 23.0 Å². The summed E-state index contributed by atoms with van der Waals surface area (Å²) in [5.41, 5.74) is 0.532. The average Bonchev–Trinajstić information content (AvgIpc) is 3.20. The number of aliphatic hydroxyl groups is 1. The van der Waals surface area contributed by atoms with Crippen LogP contribution in [-0.4, -0.2) is 57.8 Å². The minimum absolute atomic E-state index is 0.0594. The Bertz CT molecular complexity index is 1140. The summed E-state index contributed by atoms with van der Waals surface area (Å²) in [6.45, 7) is 1.89. The summed E-state index contributed by atoms with van der Waals surface area (Å²) in [5.74, 6) is 3.22. The van der Waals surface area contributed by atoms with Gasteiger partial charge in [-0.1, -0.05) is 23.9 Å². The molecule has 0 spiro atoms. The molecule has 0 amide bonds. The van der Waals surface area contributed by atoms with E-state index in [1.54, 1.807) is 18.2 Å². The molecule has 0 saturated carbocycles. The van der Waals surface area contributed by atoms with Crippen molar-refractivity contribution >= 4 is 17.5 Å². The largest absolute Gasteiger partial charge is 0.493 e. The number of methoxy groups -OCH3 is 1. The first kappa shape index (κ1) is 22.9. The third kappa shape index (κ3) is 5.23. The quantitative estimate of drug-likeness (QED) is 0.372. The highest BCUT2D eigenvalue weighted by Crippen LogP contribution is 2.36. The number of hydrogen-bond acceptors (Lipinski definition) is 9. The third-order valence-corrected chi connectivity index (χ3v) is 6.24. The minimum atomic E-state index is -0.756. The van der Waals surface area contributed by atoms with Crippen molar-refractivity contribution in [1.82, 2.24) is 14.8 Å². The predicted molar refractivity (Wildman–Crippen MR) is 122 cm³/mol. The normalized spacial score (nSPS) is 15.7. The summed E-state index contributed by atoms with van der Waals surface area (Å²) in [7, 11) is 3.36. The van der Waals surface area contributed by atoms with E-state index in [1.165, 1.54) is 25.8 Å². The van der Waals surface area contributed by atoms with Gasteiger partial charge in [0.25, 0.3) is 0 Å². The van der Waals surface area contributed by atoms with E-state index in [-0.39, 0.29) is 18.5 Å². The van der Waals surface area contributed by atoms with Crippen LogP contribution in [0.25, 0.3) is 0 Å². The second-order valence-electron chi connectivity index (χ2n) is 7.46. The third-order valence-electron chi connectivity index (χ3n) is 5.07. The number of thioether (sulfide) groups is 1. The number of benzene rings is 2. The smallest absolute Gasteiger partial charge is 0.192 e. The first-order chi connectivity index (χ1) is 16.0. The monoisotopic (exact) mass is 471 g/mol. The van der Waals surface area contributed by atoms with Gasteiger partial charge in [-0.2, -0.15) is 0 Å². The van der Waals surface area contributed by atoms with Crippen LogP contribution in [0.1, 0.15) is 29.2 Å². The van der Waals surface area contributed by atoms with Gasteiger partial charge in [0, 0.05) is 18.4 Å². The lowest BCUT2D eigenvalue weighted by Gasteiger charge is -2.25. The maximum absolute atomic E-state index is 11.5. The molecule has 4 rings (SSSR count). The first-order valence-electron chi connectivity index (χ1n) is 10.4. The van der Waals surface area contributed by atoms with Crippen molar-refractivity contribution in [3.63, 3.8) is 0 Å². The van der Waals surface area contributed by atoms with E-state index in [9.17, 15) is 9.90 Å². The van der Waals surface area contributed by atoms with Crippen molar-refractivity contribution < 1.29 is 28.8 Å². The van der Waals surface area contributed by atoms with Gasteiger partial charge >= 0.3 is 0 Å². The molecular formula is C23H25N3O6S. The fraction of sp³-hybridized carbons (Fsp3) is 0.348. The molecule has 2 atom stereocenters. The molecule has 10 heteroatoms. The average molecular weight is 472 g/mol. The van der Waals surface area contributed by atoms with E-state index in [4.69, 9.17) is 18.9 Å². The van der Waals surface area contributed by atoms with E-state index in [1.807, 2.05) is 35.9 Å². The molecule has 174 valence electrons. The summed E-state index contributed by atoms with van der Waals surface area (Å²) in [4.78, 5) is 11.5. The second kappa shape index (κ2) is 10.1. The number of aromatic nitrogens is 3. The maximum atomic E-state index is 11.5. The fourth-order valence-corrected chi connectivity index (χ4v) is 4.11. The van der Waals surface area contributed by atoms with Gasteiger partial charge in [0.15, 0.2) is 45.9 Å². The van der Waals surface area contributed by atoms with E-state index < -0.39 is 6.10 Å². The van der Waals surface area contributed by atoms with Gasteiger partial charge in [-0.25, -0.2) is 0 Å². The zero-order valence-corrected chi connectivity index (χ0v) is 19.4. The van der Waals surface area contributed by atoms with Gasteiger partial charge in [-0.3, -0.25) is 4.79 Å². The summed E-state index contributed by atoms with van der Waals surface area (Å²) in [6, 6.07) is 12.4. The molecule has 1 N–H and O–H groups in total. The molecule has 0 fully saturated rings. The SMILES string of the molecule is COc1cc(C(C)=O)ccc1OCC(O)CSc1nnc(C2COc3ccccc3O2)n1C. The number of para-hydroxylation sites is 2. The van der Waals surface area contributed by atoms with Gasteiger partial charge in [-0.05, 0) is 37.3 Å². The molecule has 0 radical (unpaired) electrons. The number of ether oxygens (including phenoxy) is 4. The lowest BCUT2D eigenvalue weighted by atomic mass is 10.1. The number of fused-ring (bicyclic) bond motifs is 1. The Morgan fingerprint density at radius 3 is 2.79 bits per heavy atom. The Morgan fingerprint density at radius 1 is 1.24 bits per heavy atom. The van der Waals surface area contributed by atoms with Crippen LogP contribution >= 0.6 is 11.8 Å². The van der Waals surface area contributed by atoms with Crippen LogP contribution in [0.4, 0.5) is 0 Å². The minimum Gasteiger partial charge on any atom is -0.493 e. The van der Waals surface area contributed by atoms with Crippen LogP contribution in [0.2, 0.25) is 0 Å². The van der Waals surface area contributed by atoms with Gasteiger partial charge in [0.05, 0.1) is 13.2 Å². The van der Waals surface area contributed by atoms with E-state index in [0.717, 1.165) is 0 Å². The van der Waals surface area contributed by atoms with Crippen LogP contribution in [-0.2, 0) is 7.05 Å². The summed E-state index contributed by atoms with van der Waals surface area (Å²) >= 11 is 1.36. The first-order valence-corrected chi connectivity index (χ1v) is 11.3. The molecule has 1 aliphatic heterocycles. The molecule has 2 aromatic carbocycles. The number of aliphatic hydroxyl groups excluding tert-OH is 1. The number of Topliss-reactive ketones (excluding diaryl/α,β-unsaturated/α-hetero) is 1. The highest BCUT2D eigenvalue weighted by Gasteiger charge is 2.27. The Morgan fingerprint density at radius 2 is 2.03 bits per heavy atom. The Kier molecular flexibility index (Phi) is 7.05. The number of carbonyl (C=O) groups is 1. The van der Waals surface area contributed by atoms with Crippen molar-refractivity contribution in [2.24, 2.45) is 7.05 Å². The number of carbonyl (C=O) groups excluding carboxylic acids is 1. The van der Waals surface area contributed by atoms with Gasteiger partial charge < -0.3 is 28.6 Å².